The van der Waals surface area contributed by atoms with Crippen LogP contribution in [0.1, 0.15) is 60.8 Å². The second-order valence-corrected chi connectivity index (χ2v) is 6.22. The van der Waals surface area contributed by atoms with E-state index in [1.165, 1.54) is 19.3 Å². The van der Waals surface area contributed by atoms with E-state index in [1.807, 2.05) is 0 Å². The van der Waals surface area contributed by atoms with Crippen LogP contribution in [0.15, 0.2) is 23.3 Å². The molecule has 0 aliphatic heterocycles. The Morgan fingerprint density at radius 2 is 1.81 bits per heavy atom. The molecule has 0 heteroatoms. The largest absolute Gasteiger partial charge is 0.0802 e. The summed E-state index contributed by atoms with van der Waals surface area (Å²) in [7, 11) is 0. The molecule has 0 saturated heterocycles. The van der Waals surface area contributed by atoms with Gasteiger partial charge in [-0.15, -0.1) is 0 Å². The van der Waals surface area contributed by atoms with Crippen LogP contribution in [0.4, 0.5) is 0 Å². The predicted octanol–water partition coefficient (Wildman–Crippen LogP) is 5.36. The van der Waals surface area contributed by atoms with Gasteiger partial charge in [0.15, 0.2) is 0 Å². The molecule has 1 atom stereocenters. The van der Waals surface area contributed by atoms with Gasteiger partial charge in [-0.05, 0) is 47.7 Å². The molecule has 1 aliphatic rings. The average molecular weight is 220 g/mol. The van der Waals surface area contributed by atoms with Gasteiger partial charge in [-0.25, -0.2) is 0 Å². The third-order valence-corrected chi connectivity index (χ3v) is 4.03. The molecule has 0 bridgehead atoms. The zero-order valence-corrected chi connectivity index (χ0v) is 11.9. The van der Waals surface area contributed by atoms with Crippen molar-refractivity contribution >= 4 is 0 Å². The van der Waals surface area contributed by atoms with Gasteiger partial charge in [-0.2, -0.15) is 0 Å². The van der Waals surface area contributed by atoms with E-state index >= 15 is 0 Å². The van der Waals surface area contributed by atoms with Crippen molar-refractivity contribution in [3.8, 4) is 0 Å². The molecule has 1 aliphatic carbocycles. The Morgan fingerprint density at radius 3 is 2.25 bits per heavy atom. The number of allylic oxidation sites excluding steroid dienone is 4. The van der Waals surface area contributed by atoms with Crippen molar-refractivity contribution in [1.82, 2.24) is 0 Å². The van der Waals surface area contributed by atoms with Crippen LogP contribution in [0, 0.1) is 17.3 Å². The summed E-state index contributed by atoms with van der Waals surface area (Å²) in [5, 5.41) is 0. The first-order valence-electron chi connectivity index (χ1n) is 6.80. The van der Waals surface area contributed by atoms with Crippen molar-refractivity contribution in [2.45, 2.75) is 60.8 Å². The van der Waals surface area contributed by atoms with Crippen LogP contribution < -0.4 is 0 Å². The van der Waals surface area contributed by atoms with Crippen LogP contribution in [0.2, 0.25) is 0 Å². The second-order valence-electron chi connectivity index (χ2n) is 6.22. The maximum absolute atomic E-state index is 2.55. The van der Waals surface area contributed by atoms with E-state index in [0.717, 1.165) is 11.8 Å². The third-order valence-electron chi connectivity index (χ3n) is 4.03. The van der Waals surface area contributed by atoms with Crippen LogP contribution in [-0.4, -0.2) is 0 Å². The Bertz CT molecular complexity index is 291. The van der Waals surface area contributed by atoms with Crippen LogP contribution in [-0.2, 0) is 0 Å². The van der Waals surface area contributed by atoms with E-state index in [4.69, 9.17) is 0 Å². The van der Waals surface area contributed by atoms with Crippen molar-refractivity contribution in [2.24, 2.45) is 17.3 Å². The number of rotatable bonds is 4. The van der Waals surface area contributed by atoms with E-state index in [9.17, 15) is 0 Å². The smallest absolute Gasteiger partial charge is 0.00830 e. The van der Waals surface area contributed by atoms with Crippen molar-refractivity contribution in [3.05, 3.63) is 23.3 Å². The van der Waals surface area contributed by atoms with Crippen molar-refractivity contribution < 1.29 is 0 Å². The van der Waals surface area contributed by atoms with Gasteiger partial charge in [0.1, 0.15) is 0 Å². The standard InChI is InChI=1S/C16H28/c1-7-14-11-16(6,13(4)5)9-8-15(14)10-12(2)3/h8,11-13H,7,9-10H2,1-6H3. The lowest BCUT2D eigenvalue weighted by Crippen LogP contribution is -2.23. The number of hydrogen-bond acceptors (Lipinski definition) is 0. The van der Waals surface area contributed by atoms with E-state index < -0.39 is 0 Å². The minimum Gasteiger partial charge on any atom is -0.0802 e. The highest BCUT2D eigenvalue weighted by atomic mass is 14.3. The lowest BCUT2D eigenvalue weighted by atomic mass is 9.70. The maximum atomic E-state index is 2.55. The molecule has 0 nitrogen and oxygen atoms in total. The average Bonchev–Trinajstić information content (AvgIpc) is 2.20. The Morgan fingerprint density at radius 1 is 1.19 bits per heavy atom. The van der Waals surface area contributed by atoms with E-state index in [-0.39, 0.29) is 0 Å². The zero-order valence-electron chi connectivity index (χ0n) is 11.9. The Kier molecular flexibility index (Phi) is 4.41. The molecule has 0 aromatic rings. The summed E-state index contributed by atoms with van der Waals surface area (Å²) in [6, 6.07) is 0. The number of hydrogen-bond donors (Lipinski definition) is 0. The van der Waals surface area contributed by atoms with Gasteiger partial charge in [-0.1, -0.05) is 53.7 Å². The molecule has 0 N–H and O–H groups in total. The summed E-state index contributed by atoms with van der Waals surface area (Å²) in [5.41, 5.74) is 3.58. The molecule has 0 aromatic heterocycles. The highest BCUT2D eigenvalue weighted by Gasteiger charge is 2.28. The van der Waals surface area contributed by atoms with Gasteiger partial charge >= 0.3 is 0 Å². The van der Waals surface area contributed by atoms with Crippen LogP contribution >= 0.6 is 0 Å². The molecule has 16 heavy (non-hydrogen) atoms. The molecule has 1 unspecified atom stereocenters. The highest BCUT2D eigenvalue weighted by molar-refractivity contribution is 5.36. The normalized spacial score (nSPS) is 26.0. The summed E-state index contributed by atoms with van der Waals surface area (Å²) in [4.78, 5) is 0. The first-order valence-corrected chi connectivity index (χ1v) is 6.80. The summed E-state index contributed by atoms with van der Waals surface area (Å²) < 4.78 is 0. The van der Waals surface area contributed by atoms with Crippen molar-refractivity contribution in [2.75, 3.05) is 0 Å². The van der Waals surface area contributed by atoms with E-state index in [1.54, 1.807) is 11.1 Å². The van der Waals surface area contributed by atoms with Crippen LogP contribution in [0.25, 0.3) is 0 Å². The maximum Gasteiger partial charge on any atom is -0.00830 e. The lowest BCUT2D eigenvalue weighted by molar-refractivity contribution is 0.294. The van der Waals surface area contributed by atoms with Gasteiger partial charge in [0.2, 0.25) is 0 Å². The quantitative estimate of drug-likeness (QED) is 0.598. The SMILES string of the molecule is CCC1=CC(C)(C(C)C)CC=C1CC(C)C. The molecular formula is C16H28. The molecule has 0 fully saturated rings. The molecule has 0 aromatic carbocycles. The molecule has 0 amide bonds. The predicted molar refractivity (Wildman–Crippen MR) is 73.5 cm³/mol. The fourth-order valence-electron chi connectivity index (χ4n) is 2.41. The first-order chi connectivity index (χ1) is 7.39. The first kappa shape index (κ1) is 13.5. The van der Waals surface area contributed by atoms with Crippen molar-refractivity contribution in [3.63, 3.8) is 0 Å². The molecule has 0 spiro atoms. The van der Waals surface area contributed by atoms with E-state index in [0.29, 0.717) is 5.41 Å². The lowest BCUT2D eigenvalue weighted by Gasteiger charge is -2.35. The zero-order chi connectivity index (χ0) is 12.3. The summed E-state index contributed by atoms with van der Waals surface area (Å²) in [5.74, 6) is 1.50. The Labute approximate surface area is 102 Å². The minimum atomic E-state index is 0.381. The second kappa shape index (κ2) is 5.21. The topological polar surface area (TPSA) is 0 Å². The van der Waals surface area contributed by atoms with Crippen LogP contribution in [0.3, 0.4) is 0 Å². The molecule has 0 saturated carbocycles. The molecule has 1 rings (SSSR count). The highest BCUT2D eigenvalue weighted by Crippen LogP contribution is 2.41. The molecule has 0 heterocycles. The molecule has 92 valence electrons. The van der Waals surface area contributed by atoms with Crippen molar-refractivity contribution in [1.29, 1.82) is 0 Å². The Balaban J connectivity index is 2.89. The summed E-state index contributed by atoms with van der Waals surface area (Å²) >= 11 is 0. The van der Waals surface area contributed by atoms with Gasteiger partial charge in [0.25, 0.3) is 0 Å². The van der Waals surface area contributed by atoms with Gasteiger partial charge in [0, 0.05) is 0 Å². The van der Waals surface area contributed by atoms with E-state index in [2.05, 4.69) is 53.7 Å². The fraction of sp³-hybridized carbons (Fsp3) is 0.750. The summed E-state index contributed by atoms with van der Waals surface area (Å²) in [6.07, 6.45) is 8.69. The van der Waals surface area contributed by atoms with Gasteiger partial charge in [-0.3, -0.25) is 0 Å². The Hall–Kier alpha value is -0.520. The third kappa shape index (κ3) is 2.99. The molecule has 0 radical (unpaired) electrons. The van der Waals surface area contributed by atoms with Gasteiger partial charge in [0.05, 0.1) is 0 Å². The van der Waals surface area contributed by atoms with Crippen LogP contribution in [0.5, 0.6) is 0 Å². The minimum absolute atomic E-state index is 0.381. The molecular weight excluding hydrogens is 192 g/mol. The fourth-order valence-corrected chi connectivity index (χ4v) is 2.41. The summed E-state index contributed by atoms with van der Waals surface area (Å²) in [6.45, 7) is 14.0. The monoisotopic (exact) mass is 220 g/mol. The van der Waals surface area contributed by atoms with Gasteiger partial charge < -0.3 is 0 Å².